The molecule has 2 N–H and O–H groups in total. The van der Waals surface area contributed by atoms with E-state index < -0.39 is 11.9 Å². The van der Waals surface area contributed by atoms with Crippen LogP contribution in [0.1, 0.15) is 0 Å². The summed E-state index contributed by atoms with van der Waals surface area (Å²) >= 11 is 0. The van der Waals surface area contributed by atoms with Crippen molar-refractivity contribution < 1.29 is 14.3 Å². The van der Waals surface area contributed by atoms with E-state index in [0.29, 0.717) is 37.2 Å². The molecule has 1 fully saturated rings. The number of halogens is 4. The van der Waals surface area contributed by atoms with Crippen LogP contribution in [0.5, 0.6) is 0 Å². The summed E-state index contributed by atoms with van der Waals surface area (Å²) in [5.41, 5.74) is 0.333. The van der Waals surface area contributed by atoms with Crippen LogP contribution in [-0.4, -0.2) is 59.2 Å². The molecule has 0 radical (unpaired) electrons. The van der Waals surface area contributed by atoms with Crippen LogP contribution in [0.15, 0.2) is 35.4 Å². The summed E-state index contributed by atoms with van der Waals surface area (Å²) in [6, 6.07) is 6.31. The number of urea groups is 1. The van der Waals surface area contributed by atoms with Gasteiger partial charge >= 0.3 is 6.03 Å². The summed E-state index contributed by atoms with van der Waals surface area (Å²) in [5.74, 6) is -0.400. The summed E-state index contributed by atoms with van der Waals surface area (Å²) in [5, 5.41) is 5.20. The smallest absolute Gasteiger partial charge is 0.322 e. The van der Waals surface area contributed by atoms with E-state index in [1.165, 1.54) is 10.9 Å². The average molecular weight is 491 g/mol. The number of aromatic nitrogens is 2. The Hall–Kier alpha value is -1.62. The second-order valence-corrected chi connectivity index (χ2v) is 5.64. The number of nitrogens with one attached hydrogen (secondary N) is 2. The fourth-order valence-corrected chi connectivity index (χ4v) is 2.55. The molecule has 0 spiro atoms. The molecule has 2 heterocycles. The molecule has 0 unspecified atom stereocenters. The Kier molecular flexibility index (Phi) is 14.7. The Morgan fingerprint density at radius 2 is 1.72 bits per heavy atom. The van der Waals surface area contributed by atoms with Gasteiger partial charge in [-0.3, -0.25) is 24.4 Å². The Morgan fingerprint density at radius 1 is 1.07 bits per heavy atom. The van der Waals surface area contributed by atoms with E-state index in [-0.39, 0.29) is 68.4 Å². The standard InChI is InChI=1S/C16H19N5O4.4ClH/c22-14(9-20-5-7-25-8-6-20)19-16(24)18-11-21-10-17-13-4-2-1-3-12(13)15(21)23;;;;/h1-4,10H,5-9,11H2,(H2,18,19,22,24);4*1H. The molecule has 1 saturated heterocycles. The molecule has 9 nitrogen and oxygen atoms in total. The molecule has 0 aliphatic carbocycles. The number of hydrogen-bond acceptors (Lipinski definition) is 6. The Balaban J connectivity index is 0. The minimum absolute atomic E-state index is 0. The number of carbonyl (C=O) groups excluding carboxylic acids is 2. The number of carbonyl (C=O) groups is 2. The van der Waals surface area contributed by atoms with E-state index in [1.54, 1.807) is 24.3 Å². The molecular formula is C16H23Cl4N5O4. The third-order valence-corrected chi connectivity index (χ3v) is 3.87. The van der Waals surface area contributed by atoms with Crippen molar-refractivity contribution in [3.05, 3.63) is 40.9 Å². The fourth-order valence-electron chi connectivity index (χ4n) is 2.55. The number of imide groups is 1. The van der Waals surface area contributed by atoms with E-state index in [0.717, 1.165) is 0 Å². The predicted molar refractivity (Wildman–Crippen MR) is 119 cm³/mol. The van der Waals surface area contributed by atoms with Gasteiger partial charge in [-0.05, 0) is 12.1 Å². The van der Waals surface area contributed by atoms with Gasteiger partial charge in [-0.15, -0.1) is 49.6 Å². The zero-order valence-corrected chi connectivity index (χ0v) is 18.5. The summed E-state index contributed by atoms with van der Waals surface area (Å²) in [7, 11) is 0. The van der Waals surface area contributed by atoms with Crippen LogP contribution in [0.2, 0.25) is 0 Å². The number of para-hydroxylation sites is 1. The van der Waals surface area contributed by atoms with Gasteiger partial charge in [-0.2, -0.15) is 0 Å². The van der Waals surface area contributed by atoms with Crippen molar-refractivity contribution in [3.8, 4) is 0 Å². The van der Waals surface area contributed by atoms with Gasteiger partial charge < -0.3 is 10.1 Å². The summed E-state index contributed by atoms with van der Waals surface area (Å²) in [4.78, 5) is 42.0. The highest BCUT2D eigenvalue weighted by atomic mass is 35.5. The summed E-state index contributed by atoms with van der Waals surface area (Å²) in [6.07, 6.45) is 1.36. The van der Waals surface area contributed by atoms with E-state index >= 15 is 0 Å². The average Bonchev–Trinajstić information content (AvgIpc) is 2.62. The van der Waals surface area contributed by atoms with Gasteiger partial charge in [-0.1, -0.05) is 12.1 Å². The van der Waals surface area contributed by atoms with Crippen molar-refractivity contribution in [2.45, 2.75) is 6.67 Å². The van der Waals surface area contributed by atoms with Crippen molar-refractivity contribution in [2.24, 2.45) is 0 Å². The van der Waals surface area contributed by atoms with Crippen LogP contribution in [0, 0.1) is 0 Å². The molecule has 1 aliphatic heterocycles. The second kappa shape index (κ2) is 14.4. The van der Waals surface area contributed by atoms with Crippen molar-refractivity contribution >= 4 is 72.5 Å². The van der Waals surface area contributed by atoms with Crippen molar-refractivity contribution in [3.63, 3.8) is 0 Å². The Labute approximate surface area is 192 Å². The van der Waals surface area contributed by atoms with Crippen LogP contribution < -0.4 is 16.2 Å². The molecule has 164 valence electrons. The van der Waals surface area contributed by atoms with Crippen molar-refractivity contribution in [2.75, 3.05) is 32.8 Å². The van der Waals surface area contributed by atoms with E-state index in [9.17, 15) is 14.4 Å². The lowest BCUT2D eigenvalue weighted by Crippen LogP contribution is -2.47. The summed E-state index contributed by atoms with van der Waals surface area (Å²) < 4.78 is 6.47. The zero-order chi connectivity index (χ0) is 17.6. The number of fused-ring (bicyclic) bond motifs is 1. The number of hydrogen-bond donors (Lipinski definition) is 2. The largest absolute Gasteiger partial charge is 0.379 e. The van der Waals surface area contributed by atoms with Crippen LogP contribution >= 0.6 is 49.6 Å². The molecular weight excluding hydrogens is 468 g/mol. The maximum Gasteiger partial charge on any atom is 0.322 e. The van der Waals surface area contributed by atoms with Gasteiger partial charge in [-0.25, -0.2) is 9.78 Å². The minimum Gasteiger partial charge on any atom is -0.379 e. The number of benzene rings is 1. The molecule has 29 heavy (non-hydrogen) atoms. The van der Waals surface area contributed by atoms with Gasteiger partial charge in [0, 0.05) is 13.1 Å². The monoisotopic (exact) mass is 489 g/mol. The first-order valence-corrected chi connectivity index (χ1v) is 7.95. The zero-order valence-electron chi connectivity index (χ0n) is 15.2. The minimum atomic E-state index is -0.654. The SMILES string of the molecule is Cl.Cl.Cl.Cl.O=C(CN1CCOCC1)NC(=O)NCn1cnc2ccccc2c1=O. The first kappa shape index (κ1) is 29.6. The lowest BCUT2D eigenvalue weighted by atomic mass is 10.2. The third-order valence-electron chi connectivity index (χ3n) is 3.87. The van der Waals surface area contributed by atoms with Gasteiger partial charge in [0.05, 0.1) is 37.0 Å². The molecule has 1 aliphatic rings. The van der Waals surface area contributed by atoms with E-state index in [2.05, 4.69) is 15.6 Å². The fraction of sp³-hybridized carbons (Fsp3) is 0.375. The number of nitrogens with zero attached hydrogens (tertiary/aromatic N) is 3. The first-order valence-electron chi connectivity index (χ1n) is 7.95. The third kappa shape index (κ3) is 8.33. The number of ether oxygens (including phenoxy) is 1. The predicted octanol–water partition coefficient (Wildman–Crippen LogP) is 1.20. The molecule has 1 aromatic heterocycles. The van der Waals surface area contributed by atoms with Crippen LogP contribution in [0.25, 0.3) is 10.9 Å². The van der Waals surface area contributed by atoms with Crippen LogP contribution in [0.4, 0.5) is 4.79 Å². The van der Waals surface area contributed by atoms with E-state index in [1.807, 2.05) is 4.90 Å². The number of rotatable bonds is 4. The highest BCUT2D eigenvalue weighted by Gasteiger charge is 2.15. The molecule has 2 aromatic rings. The molecule has 13 heteroatoms. The highest BCUT2D eigenvalue weighted by Crippen LogP contribution is 2.04. The first-order chi connectivity index (χ1) is 12.1. The molecule has 0 atom stereocenters. The van der Waals surface area contributed by atoms with Gasteiger partial charge in [0.25, 0.3) is 5.56 Å². The van der Waals surface area contributed by atoms with Gasteiger partial charge in [0.15, 0.2) is 0 Å². The maximum absolute atomic E-state index is 12.3. The topological polar surface area (TPSA) is 106 Å². The lowest BCUT2D eigenvalue weighted by molar-refractivity contribution is -0.122. The van der Waals surface area contributed by atoms with Gasteiger partial charge in [0.2, 0.25) is 5.91 Å². The molecule has 0 saturated carbocycles. The summed E-state index contributed by atoms with van der Waals surface area (Å²) in [6.45, 7) is 2.54. The maximum atomic E-state index is 12.3. The number of morpholine rings is 1. The second-order valence-electron chi connectivity index (χ2n) is 5.64. The Bertz CT molecular complexity index is 845. The molecule has 3 rings (SSSR count). The van der Waals surface area contributed by atoms with Crippen LogP contribution in [0.3, 0.4) is 0 Å². The van der Waals surface area contributed by atoms with Crippen LogP contribution in [-0.2, 0) is 16.2 Å². The normalized spacial score (nSPS) is 13.0. The molecule has 0 bridgehead atoms. The van der Waals surface area contributed by atoms with Crippen molar-refractivity contribution in [1.82, 2.24) is 25.1 Å². The molecule has 3 amide bonds. The lowest BCUT2D eigenvalue weighted by Gasteiger charge is -2.25. The van der Waals surface area contributed by atoms with E-state index in [4.69, 9.17) is 4.74 Å². The van der Waals surface area contributed by atoms with Gasteiger partial charge in [0.1, 0.15) is 6.67 Å². The number of amides is 3. The highest BCUT2D eigenvalue weighted by molar-refractivity contribution is 5.95. The Morgan fingerprint density at radius 3 is 2.41 bits per heavy atom. The molecule has 1 aromatic carbocycles. The van der Waals surface area contributed by atoms with Crippen molar-refractivity contribution in [1.29, 1.82) is 0 Å². The quantitative estimate of drug-likeness (QED) is 0.667.